The van der Waals surface area contributed by atoms with Crippen molar-refractivity contribution in [1.29, 1.82) is 0 Å². The van der Waals surface area contributed by atoms with Gasteiger partial charge in [-0.1, -0.05) is 0 Å². The Morgan fingerprint density at radius 1 is 1.12 bits per heavy atom. The molecular formula is C6H18NO8P. The highest BCUT2D eigenvalue weighted by molar-refractivity contribution is 7.45. The van der Waals surface area contributed by atoms with E-state index in [4.69, 9.17) is 39.4 Å². The summed E-state index contributed by atoms with van der Waals surface area (Å²) >= 11 is 0. The lowest BCUT2D eigenvalue weighted by atomic mass is 10.6. The average Bonchev–Trinajstić information content (AvgIpc) is 2.01. The van der Waals surface area contributed by atoms with Crippen molar-refractivity contribution < 1.29 is 39.4 Å². The minimum Gasteiger partial charge on any atom is -0.481 e. The number of phosphoric acid groups is 1. The first-order valence-electron chi connectivity index (χ1n) is 4.05. The van der Waals surface area contributed by atoms with Gasteiger partial charge in [0, 0.05) is 20.0 Å². The molecule has 0 aromatic carbocycles. The standard InChI is InChI=1S/C4H11NO2.C2H4O2.H3O4P/c6-3-1-5-2-4-7;1-2(3)4;1-5(2,3)4/h5-7H,1-4H2;1H3,(H,3,4);(H3,1,2,3,4). The van der Waals surface area contributed by atoms with Crippen molar-refractivity contribution in [3.8, 4) is 0 Å². The smallest absolute Gasteiger partial charge is 0.466 e. The number of rotatable bonds is 4. The minimum atomic E-state index is -4.64. The molecule has 7 N–H and O–H groups in total. The Bertz CT molecular complexity index is 177. The molecule has 0 heterocycles. The van der Waals surface area contributed by atoms with Crippen molar-refractivity contribution in [2.45, 2.75) is 6.92 Å². The number of carboxylic acid groups (broad SMARTS) is 1. The number of aliphatic carboxylic acids is 1. The maximum atomic E-state index is 9.00. The summed E-state index contributed by atoms with van der Waals surface area (Å²) in [6, 6.07) is 0. The van der Waals surface area contributed by atoms with Gasteiger partial charge in [0.25, 0.3) is 5.97 Å². The van der Waals surface area contributed by atoms with Gasteiger partial charge in [0.05, 0.1) is 13.2 Å². The number of aliphatic hydroxyl groups excluding tert-OH is 2. The van der Waals surface area contributed by atoms with Crippen LogP contribution in [-0.4, -0.2) is 62.3 Å². The van der Waals surface area contributed by atoms with E-state index in [2.05, 4.69) is 5.32 Å². The lowest BCUT2D eigenvalue weighted by molar-refractivity contribution is -0.134. The van der Waals surface area contributed by atoms with E-state index in [0.29, 0.717) is 13.1 Å². The molecule has 0 atom stereocenters. The molecule has 0 rings (SSSR count). The molecule has 0 aliphatic heterocycles. The van der Waals surface area contributed by atoms with Crippen LogP contribution in [0.4, 0.5) is 0 Å². The van der Waals surface area contributed by atoms with Gasteiger partial charge in [-0.05, 0) is 0 Å². The Morgan fingerprint density at radius 3 is 1.44 bits per heavy atom. The van der Waals surface area contributed by atoms with Gasteiger partial charge in [0.1, 0.15) is 0 Å². The molecule has 0 saturated heterocycles. The second-order valence-electron chi connectivity index (χ2n) is 2.23. The highest BCUT2D eigenvalue weighted by atomic mass is 31.2. The highest BCUT2D eigenvalue weighted by Crippen LogP contribution is 2.25. The average molecular weight is 263 g/mol. The van der Waals surface area contributed by atoms with E-state index in [9.17, 15) is 0 Å². The predicted molar refractivity (Wildman–Crippen MR) is 54.6 cm³/mol. The van der Waals surface area contributed by atoms with Crippen LogP contribution in [0.5, 0.6) is 0 Å². The van der Waals surface area contributed by atoms with Crippen molar-refractivity contribution in [2.24, 2.45) is 0 Å². The molecule has 0 aliphatic rings. The normalized spacial score (nSPS) is 9.38. The number of hydrogen-bond acceptors (Lipinski definition) is 5. The van der Waals surface area contributed by atoms with Crippen LogP contribution in [0.3, 0.4) is 0 Å². The Kier molecular flexibility index (Phi) is 18.8. The number of nitrogens with one attached hydrogen (secondary N) is 1. The van der Waals surface area contributed by atoms with Crippen LogP contribution < -0.4 is 5.32 Å². The van der Waals surface area contributed by atoms with E-state index in [0.717, 1.165) is 6.92 Å². The summed E-state index contributed by atoms with van der Waals surface area (Å²) < 4.78 is 8.88. The van der Waals surface area contributed by atoms with E-state index in [1.54, 1.807) is 0 Å². The van der Waals surface area contributed by atoms with Crippen LogP contribution in [-0.2, 0) is 9.36 Å². The zero-order valence-electron chi connectivity index (χ0n) is 8.78. The molecule has 0 aromatic rings. The van der Waals surface area contributed by atoms with Crippen LogP contribution in [0.1, 0.15) is 6.92 Å². The third-order valence-corrected chi connectivity index (χ3v) is 0.577. The molecule has 0 spiro atoms. The maximum absolute atomic E-state index is 9.00. The number of carbonyl (C=O) groups is 1. The van der Waals surface area contributed by atoms with Gasteiger partial charge in [-0.3, -0.25) is 4.79 Å². The largest absolute Gasteiger partial charge is 0.481 e. The Hall–Kier alpha value is -0.540. The van der Waals surface area contributed by atoms with Crippen molar-refractivity contribution >= 4 is 13.8 Å². The Balaban J connectivity index is -0.000000166. The van der Waals surface area contributed by atoms with Crippen LogP contribution in [0, 0.1) is 0 Å². The molecule has 0 fully saturated rings. The summed E-state index contributed by atoms with van der Waals surface area (Å²) in [6.45, 7) is 2.50. The van der Waals surface area contributed by atoms with E-state index >= 15 is 0 Å². The first-order valence-corrected chi connectivity index (χ1v) is 5.62. The summed E-state index contributed by atoms with van der Waals surface area (Å²) in [5.41, 5.74) is 0. The summed E-state index contributed by atoms with van der Waals surface area (Å²) in [6.07, 6.45) is 0. The third kappa shape index (κ3) is 175. The van der Waals surface area contributed by atoms with E-state index in [1.165, 1.54) is 0 Å². The molecule has 0 amide bonds. The summed E-state index contributed by atoms with van der Waals surface area (Å²) in [5.74, 6) is -0.833. The van der Waals surface area contributed by atoms with Crippen molar-refractivity contribution in [3.05, 3.63) is 0 Å². The third-order valence-electron chi connectivity index (χ3n) is 0.577. The van der Waals surface area contributed by atoms with Crippen LogP contribution in [0.15, 0.2) is 0 Å². The quantitative estimate of drug-likeness (QED) is 0.218. The molecule has 0 bridgehead atoms. The van der Waals surface area contributed by atoms with Crippen molar-refractivity contribution in [3.63, 3.8) is 0 Å². The van der Waals surface area contributed by atoms with E-state index < -0.39 is 13.8 Å². The summed E-state index contributed by atoms with van der Waals surface area (Å²) in [4.78, 5) is 30.6. The van der Waals surface area contributed by atoms with E-state index in [1.807, 2.05) is 0 Å². The molecule has 100 valence electrons. The highest BCUT2D eigenvalue weighted by Gasteiger charge is 2.00. The molecule has 0 radical (unpaired) electrons. The summed E-state index contributed by atoms with van der Waals surface area (Å²) in [5, 5.41) is 26.5. The number of aliphatic hydroxyl groups is 2. The second-order valence-corrected chi connectivity index (χ2v) is 3.26. The Labute approximate surface area is 92.6 Å². The first kappa shape index (κ1) is 20.8. The van der Waals surface area contributed by atoms with Gasteiger partial charge in [-0.25, -0.2) is 4.57 Å². The topological polar surface area (TPSA) is 168 Å². The fourth-order valence-corrected chi connectivity index (χ4v) is 0.283. The van der Waals surface area contributed by atoms with E-state index in [-0.39, 0.29) is 13.2 Å². The van der Waals surface area contributed by atoms with Gasteiger partial charge in [-0.2, -0.15) is 0 Å². The van der Waals surface area contributed by atoms with Crippen LogP contribution >= 0.6 is 7.82 Å². The molecule has 0 aliphatic carbocycles. The molecular weight excluding hydrogens is 245 g/mol. The number of carboxylic acids is 1. The molecule has 0 aromatic heterocycles. The lowest BCUT2D eigenvalue weighted by Gasteiger charge is -1.94. The molecule has 10 heteroatoms. The van der Waals surface area contributed by atoms with Gasteiger partial charge in [-0.15, -0.1) is 0 Å². The Morgan fingerprint density at radius 2 is 1.31 bits per heavy atom. The maximum Gasteiger partial charge on any atom is 0.466 e. The molecule has 16 heavy (non-hydrogen) atoms. The zero-order chi connectivity index (χ0) is 13.6. The van der Waals surface area contributed by atoms with Crippen molar-refractivity contribution in [1.82, 2.24) is 5.32 Å². The number of hydrogen-bond donors (Lipinski definition) is 7. The van der Waals surface area contributed by atoms with Gasteiger partial charge in [0.15, 0.2) is 0 Å². The lowest BCUT2D eigenvalue weighted by Crippen LogP contribution is -2.21. The van der Waals surface area contributed by atoms with Gasteiger partial charge in [0.2, 0.25) is 0 Å². The van der Waals surface area contributed by atoms with Crippen molar-refractivity contribution in [2.75, 3.05) is 26.3 Å². The fourth-order valence-electron chi connectivity index (χ4n) is 0.283. The van der Waals surface area contributed by atoms with Crippen LogP contribution in [0.25, 0.3) is 0 Å². The van der Waals surface area contributed by atoms with Gasteiger partial charge >= 0.3 is 7.82 Å². The molecule has 0 unspecified atom stereocenters. The molecule has 9 nitrogen and oxygen atoms in total. The van der Waals surface area contributed by atoms with Crippen LogP contribution in [0.2, 0.25) is 0 Å². The summed E-state index contributed by atoms with van der Waals surface area (Å²) in [7, 11) is -4.64. The first-order chi connectivity index (χ1) is 7.15. The predicted octanol–water partition coefficient (Wildman–Crippen LogP) is -2.28. The zero-order valence-corrected chi connectivity index (χ0v) is 9.67. The fraction of sp³-hybridized carbons (Fsp3) is 0.833. The second kappa shape index (κ2) is 14.5. The molecule has 0 saturated carbocycles. The monoisotopic (exact) mass is 263 g/mol. The minimum absolute atomic E-state index is 0.139. The SMILES string of the molecule is CC(=O)O.O=P(O)(O)O.OCCNCCO. The van der Waals surface area contributed by atoms with Gasteiger partial charge < -0.3 is 35.3 Å².